The Kier molecular flexibility index (Phi) is 5.75. The summed E-state index contributed by atoms with van der Waals surface area (Å²) in [5.41, 5.74) is 0.427. The molecule has 0 bridgehead atoms. The van der Waals surface area contributed by atoms with Crippen molar-refractivity contribution in [3.63, 3.8) is 0 Å². The Hall–Kier alpha value is -1.83. The van der Waals surface area contributed by atoms with Crippen LogP contribution >= 0.6 is 0 Å². The van der Waals surface area contributed by atoms with Crippen molar-refractivity contribution < 1.29 is 0 Å². The molecule has 5 nitrogen and oxygen atoms in total. The van der Waals surface area contributed by atoms with Gasteiger partial charge in [-0.3, -0.25) is 4.79 Å². The lowest BCUT2D eigenvalue weighted by atomic mass is 9.90. The molecule has 1 rings (SSSR count). The number of anilines is 1. The lowest BCUT2D eigenvalue weighted by Crippen LogP contribution is -2.26. The first-order chi connectivity index (χ1) is 9.39. The predicted molar refractivity (Wildman–Crippen MR) is 80.7 cm³/mol. The molecule has 0 saturated heterocycles. The quantitative estimate of drug-likeness (QED) is 0.767. The normalized spacial score (nSPS) is 11.2. The van der Waals surface area contributed by atoms with Gasteiger partial charge in [-0.05, 0) is 33.1 Å². The molecule has 0 saturated carbocycles. The van der Waals surface area contributed by atoms with Gasteiger partial charge in [0.2, 0.25) is 0 Å². The molecule has 0 aliphatic heterocycles. The van der Waals surface area contributed by atoms with Crippen molar-refractivity contribution in [2.24, 2.45) is 5.41 Å². The summed E-state index contributed by atoms with van der Waals surface area (Å²) in [5.74, 6) is 0. The van der Waals surface area contributed by atoms with Crippen molar-refractivity contribution in [2.75, 3.05) is 18.5 Å². The lowest BCUT2D eigenvalue weighted by Gasteiger charge is -2.18. The molecule has 0 N–H and O–H groups in total. The molecule has 0 radical (unpaired) electrons. The van der Waals surface area contributed by atoms with E-state index in [1.165, 1.54) is 4.68 Å². The van der Waals surface area contributed by atoms with Crippen molar-refractivity contribution in [2.45, 2.75) is 46.6 Å². The molecule has 0 fully saturated rings. The minimum atomic E-state index is -0.342. The highest BCUT2D eigenvalue weighted by Crippen LogP contribution is 2.20. The molecule has 0 amide bonds. The number of nitriles is 1. The Bertz CT molecular complexity index is 527. The number of aryl methyl sites for hydroxylation is 1. The van der Waals surface area contributed by atoms with Crippen molar-refractivity contribution in [3.8, 4) is 6.07 Å². The van der Waals surface area contributed by atoms with Crippen LogP contribution in [0.3, 0.4) is 0 Å². The van der Waals surface area contributed by atoms with Crippen LogP contribution in [-0.4, -0.2) is 23.4 Å². The second kappa shape index (κ2) is 7.09. The van der Waals surface area contributed by atoms with Crippen LogP contribution in [0.4, 0.5) is 5.69 Å². The average molecular weight is 276 g/mol. The van der Waals surface area contributed by atoms with Crippen molar-refractivity contribution >= 4 is 5.69 Å². The monoisotopic (exact) mass is 276 g/mol. The van der Waals surface area contributed by atoms with Gasteiger partial charge in [-0.1, -0.05) is 6.92 Å². The van der Waals surface area contributed by atoms with Gasteiger partial charge in [-0.15, -0.1) is 0 Å². The fraction of sp³-hybridized carbons (Fsp3) is 0.667. The van der Waals surface area contributed by atoms with Crippen LogP contribution in [0.2, 0.25) is 0 Å². The van der Waals surface area contributed by atoms with E-state index >= 15 is 0 Å². The SMILES string of the molecule is CCCN(C)c1cnn(CCCC(C)(C)C#N)c(=O)c1. The maximum Gasteiger partial charge on any atom is 0.268 e. The van der Waals surface area contributed by atoms with Crippen LogP contribution in [0.5, 0.6) is 0 Å². The van der Waals surface area contributed by atoms with Gasteiger partial charge in [-0.25, -0.2) is 4.68 Å². The van der Waals surface area contributed by atoms with Gasteiger partial charge in [0.1, 0.15) is 0 Å². The smallest absolute Gasteiger partial charge is 0.268 e. The van der Waals surface area contributed by atoms with Crippen LogP contribution < -0.4 is 10.5 Å². The maximum absolute atomic E-state index is 12.0. The van der Waals surface area contributed by atoms with Gasteiger partial charge in [-0.2, -0.15) is 10.4 Å². The molecule has 0 aliphatic rings. The minimum absolute atomic E-state index is 0.0831. The van der Waals surface area contributed by atoms with E-state index in [0.717, 1.165) is 31.5 Å². The van der Waals surface area contributed by atoms with Gasteiger partial charge in [0.15, 0.2) is 0 Å². The molecule has 0 aromatic carbocycles. The zero-order valence-corrected chi connectivity index (χ0v) is 12.9. The number of aromatic nitrogens is 2. The molecule has 1 aromatic heterocycles. The van der Waals surface area contributed by atoms with Gasteiger partial charge >= 0.3 is 0 Å². The van der Waals surface area contributed by atoms with Gasteiger partial charge in [0, 0.05) is 26.2 Å². The van der Waals surface area contributed by atoms with Crippen LogP contribution in [-0.2, 0) is 6.54 Å². The molecule has 0 spiro atoms. The fourth-order valence-corrected chi connectivity index (χ4v) is 1.99. The summed E-state index contributed by atoms with van der Waals surface area (Å²) in [6.45, 7) is 7.38. The molecule has 0 atom stereocenters. The van der Waals surface area contributed by atoms with E-state index < -0.39 is 0 Å². The molecule has 1 aromatic rings. The summed E-state index contributed by atoms with van der Waals surface area (Å²) in [7, 11) is 1.96. The van der Waals surface area contributed by atoms with Crippen LogP contribution in [0, 0.1) is 16.7 Å². The Morgan fingerprint density at radius 2 is 2.20 bits per heavy atom. The zero-order valence-electron chi connectivity index (χ0n) is 12.9. The second-order valence-electron chi connectivity index (χ2n) is 5.80. The number of hydrogen-bond donors (Lipinski definition) is 0. The number of nitrogens with zero attached hydrogens (tertiary/aromatic N) is 4. The van der Waals surface area contributed by atoms with E-state index in [2.05, 4.69) is 18.1 Å². The zero-order chi connectivity index (χ0) is 15.2. The molecular formula is C15H24N4O. The molecule has 110 valence electrons. The second-order valence-corrected chi connectivity index (χ2v) is 5.80. The lowest BCUT2D eigenvalue weighted by molar-refractivity contribution is 0.402. The van der Waals surface area contributed by atoms with E-state index in [9.17, 15) is 4.79 Å². The number of hydrogen-bond acceptors (Lipinski definition) is 4. The summed E-state index contributed by atoms with van der Waals surface area (Å²) < 4.78 is 1.47. The van der Waals surface area contributed by atoms with E-state index in [1.807, 2.05) is 25.8 Å². The summed E-state index contributed by atoms with van der Waals surface area (Å²) in [6, 6.07) is 3.89. The standard InChI is InChI=1S/C15H24N4O/c1-5-8-18(4)13-10-14(20)19(17-11-13)9-6-7-15(2,3)12-16/h10-11H,5-9H2,1-4H3. The molecule has 0 aliphatic carbocycles. The largest absolute Gasteiger partial charge is 0.373 e. The van der Waals surface area contributed by atoms with Crippen molar-refractivity contribution in [3.05, 3.63) is 22.6 Å². The Morgan fingerprint density at radius 3 is 2.75 bits per heavy atom. The Labute approximate surface area is 120 Å². The van der Waals surface area contributed by atoms with Crippen molar-refractivity contribution in [1.29, 1.82) is 5.26 Å². The van der Waals surface area contributed by atoms with Gasteiger partial charge < -0.3 is 4.90 Å². The van der Waals surface area contributed by atoms with Gasteiger partial charge in [0.25, 0.3) is 5.56 Å². The third kappa shape index (κ3) is 4.69. The first-order valence-corrected chi connectivity index (χ1v) is 7.09. The fourth-order valence-electron chi connectivity index (χ4n) is 1.99. The highest BCUT2D eigenvalue weighted by atomic mass is 16.1. The molecule has 0 unspecified atom stereocenters. The summed E-state index contributed by atoms with van der Waals surface area (Å²) in [4.78, 5) is 14.0. The van der Waals surface area contributed by atoms with Crippen molar-refractivity contribution in [1.82, 2.24) is 9.78 Å². The highest BCUT2D eigenvalue weighted by molar-refractivity contribution is 5.41. The topological polar surface area (TPSA) is 61.9 Å². The predicted octanol–water partition coefficient (Wildman–Crippen LogP) is 2.42. The average Bonchev–Trinajstić information content (AvgIpc) is 2.40. The van der Waals surface area contributed by atoms with E-state index in [-0.39, 0.29) is 11.0 Å². The van der Waals surface area contributed by atoms with E-state index in [4.69, 9.17) is 5.26 Å². The highest BCUT2D eigenvalue weighted by Gasteiger charge is 2.16. The van der Waals surface area contributed by atoms with Gasteiger partial charge in [0.05, 0.1) is 23.4 Å². The molecule has 20 heavy (non-hydrogen) atoms. The Balaban J connectivity index is 2.66. The molecular weight excluding hydrogens is 252 g/mol. The number of rotatable bonds is 7. The first kappa shape index (κ1) is 16.2. The van der Waals surface area contributed by atoms with Crippen LogP contribution in [0.15, 0.2) is 17.1 Å². The molecule has 5 heteroatoms. The summed E-state index contributed by atoms with van der Waals surface area (Å²) in [5, 5.41) is 13.2. The third-order valence-corrected chi connectivity index (χ3v) is 3.33. The minimum Gasteiger partial charge on any atom is -0.373 e. The van der Waals surface area contributed by atoms with Crippen LogP contribution in [0.1, 0.15) is 40.0 Å². The van der Waals surface area contributed by atoms with Crippen LogP contribution in [0.25, 0.3) is 0 Å². The van der Waals surface area contributed by atoms with E-state index in [1.54, 1.807) is 12.3 Å². The summed E-state index contributed by atoms with van der Waals surface area (Å²) >= 11 is 0. The Morgan fingerprint density at radius 1 is 1.50 bits per heavy atom. The molecule has 1 heterocycles. The third-order valence-electron chi connectivity index (χ3n) is 3.33. The van der Waals surface area contributed by atoms with E-state index in [0.29, 0.717) is 6.54 Å². The summed E-state index contributed by atoms with van der Waals surface area (Å²) in [6.07, 6.45) is 4.29. The first-order valence-electron chi connectivity index (χ1n) is 7.09. The maximum atomic E-state index is 12.0.